The van der Waals surface area contributed by atoms with Gasteiger partial charge in [-0.2, -0.15) is 0 Å². The summed E-state index contributed by atoms with van der Waals surface area (Å²) < 4.78 is 11.1. The molecule has 4 rings (SSSR count). The molecule has 0 saturated carbocycles. The van der Waals surface area contributed by atoms with E-state index < -0.39 is 0 Å². The smallest absolute Gasteiger partial charge is 0.139 e. The fraction of sp³-hybridized carbons (Fsp3) is 0.600. The highest BCUT2D eigenvalue weighted by Crippen LogP contribution is 2.30. The maximum atomic E-state index is 5.65. The van der Waals surface area contributed by atoms with Gasteiger partial charge in [0.1, 0.15) is 12.1 Å². The number of nitrogens with zero attached hydrogens (tertiary/aromatic N) is 4. The summed E-state index contributed by atoms with van der Waals surface area (Å²) in [6.07, 6.45) is 4.13. The second kappa shape index (κ2) is 8.18. The Bertz CT molecular complexity index is 733. The van der Waals surface area contributed by atoms with Crippen molar-refractivity contribution in [3.05, 3.63) is 24.5 Å². The molecular formula is C20H28N4O2. The van der Waals surface area contributed by atoms with Gasteiger partial charge in [0.15, 0.2) is 0 Å². The van der Waals surface area contributed by atoms with Gasteiger partial charge in [-0.05, 0) is 43.9 Å². The number of morpholine rings is 1. The van der Waals surface area contributed by atoms with E-state index in [-0.39, 0.29) is 0 Å². The Morgan fingerprint density at radius 1 is 1.15 bits per heavy atom. The van der Waals surface area contributed by atoms with Crippen LogP contribution in [0.15, 0.2) is 24.5 Å². The van der Waals surface area contributed by atoms with Crippen LogP contribution >= 0.6 is 0 Å². The van der Waals surface area contributed by atoms with E-state index in [2.05, 4.69) is 44.9 Å². The summed E-state index contributed by atoms with van der Waals surface area (Å²) in [6.45, 7) is 9.23. The Labute approximate surface area is 155 Å². The lowest BCUT2D eigenvalue weighted by atomic mass is 9.98. The van der Waals surface area contributed by atoms with Crippen LogP contribution in [-0.2, 0) is 9.47 Å². The van der Waals surface area contributed by atoms with Crippen LogP contribution < -0.4 is 9.80 Å². The van der Waals surface area contributed by atoms with Crippen molar-refractivity contribution in [1.29, 1.82) is 0 Å². The van der Waals surface area contributed by atoms with Crippen LogP contribution in [0.3, 0.4) is 0 Å². The molecule has 0 bridgehead atoms. The van der Waals surface area contributed by atoms with E-state index >= 15 is 0 Å². The lowest BCUT2D eigenvalue weighted by Gasteiger charge is -2.34. The Kier molecular flexibility index (Phi) is 5.51. The minimum Gasteiger partial charge on any atom is -0.381 e. The van der Waals surface area contributed by atoms with Crippen molar-refractivity contribution in [3.8, 4) is 0 Å². The number of anilines is 2. The molecule has 3 heterocycles. The van der Waals surface area contributed by atoms with Crippen molar-refractivity contribution in [2.24, 2.45) is 5.92 Å². The van der Waals surface area contributed by atoms with E-state index in [0.29, 0.717) is 5.92 Å². The highest BCUT2D eigenvalue weighted by Gasteiger charge is 2.23. The van der Waals surface area contributed by atoms with Gasteiger partial charge >= 0.3 is 0 Å². The van der Waals surface area contributed by atoms with Crippen LogP contribution in [0.5, 0.6) is 0 Å². The third-order valence-electron chi connectivity index (χ3n) is 5.35. The van der Waals surface area contributed by atoms with Crippen molar-refractivity contribution >= 4 is 22.4 Å². The zero-order valence-corrected chi connectivity index (χ0v) is 15.6. The fourth-order valence-corrected chi connectivity index (χ4v) is 3.98. The van der Waals surface area contributed by atoms with Gasteiger partial charge in [-0.15, -0.1) is 0 Å². The minimum atomic E-state index is 0.585. The van der Waals surface area contributed by atoms with E-state index in [0.717, 1.165) is 69.3 Å². The van der Waals surface area contributed by atoms with E-state index in [1.165, 1.54) is 18.5 Å². The standard InChI is InChI=1S/C20H28N4O2/c1-2-25-14-16-4-3-7-24(13-16)20-18-6-5-17(12-19(18)21-15-22-20)23-8-10-26-11-9-23/h5-6,12,15-16H,2-4,7-11,13-14H2,1H3/t16-/m1/s1. The number of piperidine rings is 1. The highest BCUT2D eigenvalue weighted by atomic mass is 16.5. The summed E-state index contributed by atoms with van der Waals surface area (Å²) in [7, 11) is 0. The minimum absolute atomic E-state index is 0.585. The van der Waals surface area contributed by atoms with Crippen LogP contribution in [0.2, 0.25) is 0 Å². The molecule has 2 aliphatic rings. The predicted octanol–water partition coefficient (Wildman–Crippen LogP) is 2.72. The molecule has 0 amide bonds. The first-order valence-electron chi connectivity index (χ1n) is 9.75. The highest BCUT2D eigenvalue weighted by molar-refractivity contribution is 5.91. The third-order valence-corrected chi connectivity index (χ3v) is 5.35. The topological polar surface area (TPSA) is 50.7 Å². The Hall–Kier alpha value is -1.92. The van der Waals surface area contributed by atoms with Gasteiger partial charge in [0.05, 0.1) is 25.3 Å². The molecule has 0 spiro atoms. The van der Waals surface area contributed by atoms with Gasteiger partial charge in [0, 0.05) is 43.9 Å². The van der Waals surface area contributed by atoms with Crippen molar-refractivity contribution in [1.82, 2.24) is 9.97 Å². The van der Waals surface area contributed by atoms with Crippen molar-refractivity contribution in [2.45, 2.75) is 19.8 Å². The third kappa shape index (κ3) is 3.76. The molecule has 0 aliphatic carbocycles. The number of ether oxygens (including phenoxy) is 2. The maximum absolute atomic E-state index is 5.65. The SMILES string of the molecule is CCOC[C@@H]1CCCN(c2ncnc3cc(N4CCOCC4)ccc23)C1. The Balaban J connectivity index is 1.57. The van der Waals surface area contributed by atoms with E-state index in [9.17, 15) is 0 Å². The molecule has 2 aliphatic heterocycles. The first-order valence-corrected chi connectivity index (χ1v) is 9.75. The first kappa shape index (κ1) is 17.5. The average Bonchev–Trinajstić information content (AvgIpc) is 2.72. The molecule has 0 N–H and O–H groups in total. The molecule has 2 fully saturated rings. The monoisotopic (exact) mass is 356 g/mol. The number of hydrogen-bond acceptors (Lipinski definition) is 6. The van der Waals surface area contributed by atoms with E-state index in [1.54, 1.807) is 6.33 Å². The summed E-state index contributed by atoms with van der Waals surface area (Å²) in [4.78, 5) is 13.9. The molecule has 140 valence electrons. The molecule has 2 saturated heterocycles. The first-order chi connectivity index (χ1) is 12.8. The Morgan fingerprint density at radius 3 is 2.88 bits per heavy atom. The molecule has 26 heavy (non-hydrogen) atoms. The summed E-state index contributed by atoms with van der Waals surface area (Å²) >= 11 is 0. The number of benzene rings is 1. The molecule has 0 unspecified atom stereocenters. The van der Waals surface area contributed by atoms with Gasteiger partial charge in [0.25, 0.3) is 0 Å². The predicted molar refractivity (Wildman–Crippen MR) is 104 cm³/mol. The lowest BCUT2D eigenvalue weighted by molar-refractivity contribution is 0.104. The van der Waals surface area contributed by atoms with Gasteiger partial charge in [-0.3, -0.25) is 0 Å². The van der Waals surface area contributed by atoms with E-state index in [4.69, 9.17) is 9.47 Å². The number of hydrogen-bond donors (Lipinski definition) is 0. The van der Waals surface area contributed by atoms with Crippen molar-refractivity contribution < 1.29 is 9.47 Å². The molecule has 1 atom stereocenters. The second-order valence-electron chi connectivity index (χ2n) is 7.11. The summed E-state index contributed by atoms with van der Waals surface area (Å²) in [5.74, 6) is 1.64. The molecule has 1 aromatic heterocycles. The van der Waals surface area contributed by atoms with Crippen molar-refractivity contribution in [2.75, 3.05) is 62.4 Å². The average molecular weight is 356 g/mol. The molecule has 2 aromatic rings. The van der Waals surface area contributed by atoms with Gasteiger partial charge in [-0.1, -0.05) is 0 Å². The van der Waals surface area contributed by atoms with Crippen LogP contribution in [0, 0.1) is 5.92 Å². The largest absolute Gasteiger partial charge is 0.381 e. The van der Waals surface area contributed by atoms with E-state index in [1.807, 2.05) is 0 Å². The van der Waals surface area contributed by atoms with Crippen LogP contribution in [-0.4, -0.2) is 62.6 Å². The number of fused-ring (bicyclic) bond motifs is 1. The van der Waals surface area contributed by atoms with Crippen LogP contribution in [0.25, 0.3) is 10.9 Å². The normalized spacial score (nSPS) is 21.3. The van der Waals surface area contributed by atoms with Crippen LogP contribution in [0.4, 0.5) is 11.5 Å². The molecule has 6 nitrogen and oxygen atoms in total. The summed E-state index contributed by atoms with van der Waals surface area (Å²) in [6, 6.07) is 6.57. The second-order valence-corrected chi connectivity index (χ2v) is 7.11. The zero-order valence-electron chi connectivity index (χ0n) is 15.6. The van der Waals surface area contributed by atoms with Gasteiger partial charge in [0.2, 0.25) is 0 Å². The molecule has 0 radical (unpaired) electrons. The zero-order chi connectivity index (χ0) is 17.8. The molecular weight excluding hydrogens is 328 g/mol. The lowest BCUT2D eigenvalue weighted by Crippen LogP contribution is -2.38. The van der Waals surface area contributed by atoms with Gasteiger partial charge in [-0.25, -0.2) is 9.97 Å². The molecule has 1 aromatic carbocycles. The number of aromatic nitrogens is 2. The van der Waals surface area contributed by atoms with Gasteiger partial charge < -0.3 is 19.3 Å². The van der Waals surface area contributed by atoms with Crippen molar-refractivity contribution in [3.63, 3.8) is 0 Å². The quantitative estimate of drug-likeness (QED) is 0.821. The van der Waals surface area contributed by atoms with Crippen LogP contribution in [0.1, 0.15) is 19.8 Å². The maximum Gasteiger partial charge on any atom is 0.139 e. The molecule has 6 heteroatoms. The summed E-state index contributed by atoms with van der Waals surface area (Å²) in [5.41, 5.74) is 2.24. The fourth-order valence-electron chi connectivity index (χ4n) is 3.98. The Morgan fingerprint density at radius 2 is 2.04 bits per heavy atom. The number of rotatable bonds is 5. The summed E-state index contributed by atoms with van der Waals surface area (Å²) in [5, 5.41) is 1.14.